The summed E-state index contributed by atoms with van der Waals surface area (Å²) >= 11 is 0. The lowest BCUT2D eigenvalue weighted by Gasteiger charge is -2.37. The van der Waals surface area contributed by atoms with Gasteiger partial charge in [0.15, 0.2) is 0 Å². The third-order valence-corrected chi connectivity index (χ3v) is 2.46. The van der Waals surface area contributed by atoms with Gasteiger partial charge in [0, 0.05) is 6.04 Å². The Kier molecular flexibility index (Phi) is 5.13. The van der Waals surface area contributed by atoms with Crippen LogP contribution in [0, 0.1) is 0 Å². The van der Waals surface area contributed by atoms with Crippen molar-refractivity contribution in [3.8, 4) is 0 Å². The summed E-state index contributed by atoms with van der Waals surface area (Å²) in [6.45, 7) is 5.97. The minimum absolute atomic E-state index is 0.205. The fraction of sp³-hybridized carbons (Fsp3) is 0.778. The molecule has 0 saturated heterocycles. The smallest absolute Gasteiger partial charge is 0.103 e. The molecule has 0 aliphatic carbocycles. The van der Waals surface area contributed by atoms with Crippen LogP contribution in [0.5, 0.6) is 0 Å². The molecule has 1 unspecified atom stereocenters. The van der Waals surface area contributed by atoms with E-state index in [2.05, 4.69) is 29.5 Å². The molecule has 0 radical (unpaired) electrons. The zero-order valence-corrected chi connectivity index (χ0v) is 8.57. The van der Waals surface area contributed by atoms with Crippen molar-refractivity contribution in [2.45, 2.75) is 25.0 Å². The average molecular weight is 171 g/mol. The topological polar surface area (TPSA) is 36.1 Å². The van der Waals surface area contributed by atoms with Gasteiger partial charge in [-0.05, 0) is 27.6 Å². The molecule has 0 aromatic carbocycles. The second kappa shape index (κ2) is 5.30. The highest BCUT2D eigenvalue weighted by Crippen LogP contribution is 2.10. The molecule has 0 fully saturated rings. The van der Waals surface area contributed by atoms with E-state index >= 15 is 0 Å². The van der Waals surface area contributed by atoms with Crippen molar-refractivity contribution in [3.63, 3.8) is 0 Å². The zero-order valence-electron chi connectivity index (χ0n) is 8.57. The maximum Gasteiger partial charge on any atom is 0.103 e. The van der Waals surface area contributed by atoms with Crippen LogP contribution in [0.3, 0.4) is 0 Å². The van der Waals surface area contributed by atoms with Gasteiger partial charge in [0.05, 0.1) is 0 Å². The van der Waals surface area contributed by atoms with Gasteiger partial charge in [-0.15, -0.1) is 0 Å². The summed E-state index contributed by atoms with van der Waals surface area (Å²) in [7, 11) is 5.82. The van der Waals surface area contributed by atoms with Crippen LogP contribution in [0.25, 0.3) is 0 Å². The SMILES string of the molecule is C=CC(NC)(NC)C(CC)NC. The number of nitrogens with one attached hydrogen (secondary N) is 3. The van der Waals surface area contributed by atoms with Crippen LogP contribution in [0.15, 0.2) is 12.7 Å². The Hall–Kier alpha value is -0.380. The van der Waals surface area contributed by atoms with E-state index in [-0.39, 0.29) is 5.66 Å². The summed E-state index contributed by atoms with van der Waals surface area (Å²) in [6.07, 6.45) is 2.95. The van der Waals surface area contributed by atoms with E-state index in [0.717, 1.165) is 6.42 Å². The van der Waals surface area contributed by atoms with Gasteiger partial charge in [0.1, 0.15) is 5.66 Å². The Morgan fingerprint density at radius 1 is 1.33 bits per heavy atom. The molecule has 0 aromatic heterocycles. The molecule has 0 aliphatic rings. The molecular formula is C9H21N3. The fourth-order valence-corrected chi connectivity index (χ4v) is 1.57. The first-order valence-electron chi connectivity index (χ1n) is 4.39. The third-order valence-electron chi connectivity index (χ3n) is 2.46. The van der Waals surface area contributed by atoms with Crippen molar-refractivity contribution in [1.29, 1.82) is 0 Å². The molecule has 0 spiro atoms. The molecule has 0 heterocycles. The van der Waals surface area contributed by atoms with Gasteiger partial charge in [-0.25, -0.2) is 0 Å². The summed E-state index contributed by atoms with van der Waals surface area (Å²) in [6, 6.07) is 0.352. The molecule has 0 aromatic rings. The zero-order chi connectivity index (χ0) is 9.61. The lowest BCUT2D eigenvalue weighted by atomic mass is 9.98. The Morgan fingerprint density at radius 3 is 1.92 bits per heavy atom. The summed E-state index contributed by atoms with van der Waals surface area (Å²) in [4.78, 5) is 0. The summed E-state index contributed by atoms with van der Waals surface area (Å²) in [5.41, 5.74) is -0.205. The minimum atomic E-state index is -0.205. The summed E-state index contributed by atoms with van der Waals surface area (Å²) in [5.74, 6) is 0. The number of likely N-dealkylation sites (N-methyl/N-ethyl adjacent to an activating group) is 3. The maximum absolute atomic E-state index is 3.83. The van der Waals surface area contributed by atoms with E-state index in [1.807, 2.05) is 27.2 Å². The predicted octanol–water partition coefficient (Wildman–Crippen LogP) is 0.305. The van der Waals surface area contributed by atoms with Crippen molar-refractivity contribution in [2.75, 3.05) is 21.1 Å². The van der Waals surface area contributed by atoms with Gasteiger partial charge in [0.2, 0.25) is 0 Å². The lowest BCUT2D eigenvalue weighted by molar-refractivity contribution is 0.270. The highest BCUT2D eigenvalue weighted by Gasteiger charge is 2.30. The second-order valence-electron chi connectivity index (χ2n) is 2.82. The normalized spacial score (nSPS) is 14.3. The molecular weight excluding hydrogens is 150 g/mol. The van der Waals surface area contributed by atoms with Crippen molar-refractivity contribution in [2.24, 2.45) is 0 Å². The van der Waals surface area contributed by atoms with Crippen LogP contribution in [0.2, 0.25) is 0 Å². The van der Waals surface area contributed by atoms with E-state index in [4.69, 9.17) is 0 Å². The van der Waals surface area contributed by atoms with Crippen LogP contribution in [0.1, 0.15) is 13.3 Å². The quantitative estimate of drug-likeness (QED) is 0.397. The fourth-order valence-electron chi connectivity index (χ4n) is 1.57. The first-order chi connectivity index (χ1) is 5.70. The van der Waals surface area contributed by atoms with Crippen molar-refractivity contribution in [3.05, 3.63) is 12.7 Å². The Morgan fingerprint density at radius 2 is 1.83 bits per heavy atom. The average Bonchev–Trinajstić information content (AvgIpc) is 2.14. The van der Waals surface area contributed by atoms with Crippen molar-refractivity contribution >= 4 is 0 Å². The van der Waals surface area contributed by atoms with Gasteiger partial charge in [-0.1, -0.05) is 19.6 Å². The number of rotatable bonds is 6. The number of hydrogen-bond acceptors (Lipinski definition) is 3. The third kappa shape index (κ3) is 2.06. The Balaban J connectivity index is 4.53. The standard InChI is InChI=1S/C9H21N3/c1-6-8(10-3)9(7-2,11-4)12-5/h7-8,10-12H,2,6H2,1,3-5H3. The molecule has 0 aliphatic heterocycles. The molecule has 3 N–H and O–H groups in total. The van der Waals surface area contributed by atoms with E-state index < -0.39 is 0 Å². The van der Waals surface area contributed by atoms with Crippen LogP contribution in [-0.2, 0) is 0 Å². The van der Waals surface area contributed by atoms with E-state index in [1.165, 1.54) is 0 Å². The van der Waals surface area contributed by atoms with Crippen molar-refractivity contribution in [1.82, 2.24) is 16.0 Å². The first-order valence-corrected chi connectivity index (χ1v) is 4.39. The van der Waals surface area contributed by atoms with E-state index in [1.54, 1.807) is 0 Å². The summed E-state index contributed by atoms with van der Waals surface area (Å²) < 4.78 is 0. The minimum Gasteiger partial charge on any atom is -0.314 e. The first kappa shape index (κ1) is 11.6. The van der Waals surface area contributed by atoms with Crippen LogP contribution in [0.4, 0.5) is 0 Å². The van der Waals surface area contributed by atoms with Gasteiger partial charge < -0.3 is 5.32 Å². The molecule has 3 heteroatoms. The molecule has 3 nitrogen and oxygen atoms in total. The molecule has 12 heavy (non-hydrogen) atoms. The molecule has 0 saturated carbocycles. The lowest BCUT2D eigenvalue weighted by Crippen LogP contribution is -2.64. The van der Waals surface area contributed by atoms with Gasteiger partial charge in [-0.3, -0.25) is 10.6 Å². The highest BCUT2D eigenvalue weighted by molar-refractivity contribution is 5.06. The monoisotopic (exact) mass is 171 g/mol. The van der Waals surface area contributed by atoms with E-state index in [9.17, 15) is 0 Å². The van der Waals surface area contributed by atoms with E-state index in [0.29, 0.717) is 6.04 Å². The van der Waals surface area contributed by atoms with Gasteiger partial charge in [-0.2, -0.15) is 0 Å². The largest absolute Gasteiger partial charge is 0.314 e. The van der Waals surface area contributed by atoms with Crippen LogP contribution < -0.4 is 16.0 Å². The maximum atomic E-state index is 3.83. The van der Waals surface area contributed by atoms with Gasteiger partial charge >= 0.3 is 0 Å². The van der Waals surface area contributed by atoms with Crippen LogP contribution in [-0.4, -0.2) is 32.8 Å². The second-order valence-corrected chi connectivity index (χ2v) is 2.82. The Bertz CT molecular complexity index is 126. The predicted molar refractivity (Wildman–Crippen MR) is 54.2 cm³/mol. The van der Waals surface area contributed by atoms with Gasteiger partial charge in [0.25, 0.3) is 0 Å². The molecule has 72 valence electrons. The van der Waals surface area contributed by atoms with Crippen molar-refractivity contribution < 1.29 is 0 Å². The molecule has 1 atom stereocenters. The Labute approximate surface area is 75.6 Å². The number of hydrogen-bond donors (Lipinski definition) is 3. The molecule has 0 bridgehead atoms. The molecule has 0 amide bonds. The molecule has 0 rings (SSSR count). The van der Waals surface area contributed by atoms with Crippen LogP contribution >= 0.6 is 0 Å². The highest BCUT2D eigenvalue weighted by atomic mass is 15.2. The summed E-state index contributed by atoms with van der Waals surface area (Å²) in [5, 5.41) is 9.70.